The maximum atomic E-state index is 4.49. The number of guanidine groups is 1. The number of rotatable bonds is 4. The van der Waals surface area contributed by atoms with Gasteiger partial charge in [0.2, 0.25) is 0 Å². The molecule has 1 heterocycles. The third-order valence-electron chi connectivity index (χ3n) is 4.85. The highest BCUT2D eigenvalue weighted by Gasteiger charge is 2.25. The molecule has 1 atom stereocenters. The topological polar surface area (TPSA) is 30.9 Å². The summed E-state index contributed by atoms with van der Waals surface area (Å²) in [4.78, 5) is 8.99. The molecule has 3 rings (SSSR count). The smallest absolute Gasteiger partial charge is 0.193 e. The zero-order valence-corrected chi connectivity index (χ0v) is 15.4. The summed E-state index contributed by atoms with van der Waals surface area (Å²) in [7, 11) is 6.01. The van der Waals surface area contributed by atoms with Crippen molar-refractivity contribution >= 4 is 11.6 Å². The molecule has 4 nitrogen and oxygen atoms in total. The Labute approximate surface area is 151 Å². The monoisotopic (exact) mass is 336 g/mol. The highest BCUT2D eigenvalue weighted by atomic mass is 15.3. The van der Waals surface area contributed by atoms with Crippen LogP contribution < -0.4 is 10.2 Å². The van der Waals surface area contributed by atoms with E-state index in [2.05, 4.69) is 88.8 Å². The Morgan fingerprint density at radius 3 is 2.68 bits per heavy atom. The molecular weight excluding hydrogens is 308 g/mol. The Kier molecular flexibility index (Phi) is 5.59. The van der Waals surface area contributed by atoms with Crippen LogP contribution in [0.15, 0.2) is 59.6 Å². The third-order valence-corrected chi connectivity index (χ3v) is 4.85. The Morgan fingerprint density at radius 2 is 1.96 bits per heavy atom. The second-order valence-electron chi connectivity index (χ2n) is 6.81. The van der Waals surface area contributed by atoms with Gasteiger partial charge < -0.3 is 15.1 Å². The summed E-state index contributed by atoms with van der Waals surface area (Å²) >= 11 is 0. The van der Waals surface area contributed by atoms with Crippen molar-refractivity contribution in [3.63, 3.8) is 0 Å². The Morgan fingerprint density at radius 1 is 1.16 bits per heavy atom. The molecule has 2 aromatic carbocycles. The zero-order valence-electron chi connectivity index (χ0n) is 15.4. The molecule has 1 unspecified atom stereocenters. The molecular formula is C21H28N4. The van der Waals surface area contributed by atoms with Crippen LogP contribution in [0.3, 0.4) is 0 Å². The molecule has 1 aliphatic heterocycles. The predicted molar refractivity (Wildman–Crippen MR) is 106 cm³/mol. The molecule has 4 heteroatoms. The molecule has 0 bridgehead atoms. The van der Waals surface area contributed by atoms with Gasteiger partial charge in [-0.3, -0.25) is 4.99 Å². The zero-order chi connectivity index (χ0) is 17.6. The van der Waals surface area contributed by atoms with Gasteiger partial charge in [0.05, 0.1) is 0 Å². The van der Waals surface area contributed by atoms with Crippen LogP contribution in [0, 0.1) is 0 Å². The Bertz CT molecular complexity index is 709. The van der Waals surface area contributed by atoms with Gasteiger partial charge in [-0.15, -0.1) is 0 Å². The normalized spacial score (nSPS) is 17.6. The molecule has 0 radical (unpaired) electrons. The lowest BCUT2D eigenvalue weighted by Crippen LogP contribution is -2.39. The number of benzene rings is 2. The van der Waals surface area contributed by atoms with Crippen molar-refractivity contribution in [2.45, 2.75) is 18.9 Å². The lowest BCUT2D eigenvalue weighted by atomic mass is 9.99. The van der Waals surface area contributed by atoms with Gasteiger partial charge in [0.1, 0.15) is 0 Å². The number of hydrogen-bond donors (Lipinski definition) is 1. The first-order chi connectivity index (χ1) is 12.2. The first-order valence-corrected chi connectivity index (χ1v) is 8.94. The van der Waals surface area contributed by atoms with Gasteiger partial charge in [0.15, 0.2) is 5.96 Å². The van der Waals surface area contributed by atoms with Crippen LogP contribution in [0.5, 0.6) is 0 Å². The second-order valence-corrected chi connectivity index (χ2v) is 6.81. The van der Waals surface area contributed by atoms with E-state index in [9.17, 15) is 0 Å². The van der Waals surface area contributed by atoms with E-state index < -0.39 is 0 Å². The van der Waals surface area contributed by atoms with Gasteiger partial charge in [0.25, 0.3) is 0 Å². The summed E-state index contributed by atoms with van der Waals surface area (Å²) in [6, 6.07) is 19.4. The van der Waals surface area contributed by atoms with Gasteiger partial charge in [-0.2, -0.15) is 0 Å². The molecule has 2 aromatic rings. The van der Waals surface area contributed by atoms with Crippen molar-refractivity contribution in [2.24, 2.45) is 4.99 Å². The SMILES string of the molecule is CN=C(NCc1cccc(N(C)C)c1)N1CCC(c2ccccc2)C1. The van der Waals surface area contributed by atoms with E-state index in [-0.39, 0.29) is 0 Å². The standard InChI is InChI=1S/C21H28N4/c1-22-21(23-15-17-8-7-11-20(14-17)24(2)3)25-13-12-19(16-25)18-9-5-4-6-10-18/h4-11,14,19H,12-13,15-16H2,1-3H3,(H,22,23). The summed E-state index contributed by atoms with van der Waals surface area (Å²) in [5.41, 5.74) is 3.92. The Hall–Kier alpha value is -2.49. The molecule has 0 aromatic heterocycles. The van der Waals surface area contributed by atoms with Crippen molar-refractivity contribution in [1.29, 1.82) is 0 Å². The highest BCUT2D eigenvalue weighted by Crippen LogP contribution is 2.26. The molecule has 1 saturated heterocycles. The minimum atomic E-state index is 0.594. The molecule has 0 saturated carbocycles. The third kappa shape index (κ3) is 4.32. The fraction of sp³-hybridized carbons (Fsp3) is 0.381. The van der Waals surface area contributed by atoms with Crippen molar-refractivity contribution in [3.8, 4) is 0 Å². The van der Waals surface area contributed by atoms with Crippen LogP contribution in [0.4, 0.5) is 5.69 Å². The van der Waals surface area contributed by atoms with Crippen LogP contribution in [-0.4, -0.2) is 45.1 Å². The minimum Gasteiger partial charge on any atom is -0.378 e. The molecule has 1 N–H and O–H groups in total. The van der Waals surface area contributed by atoms with Gasteiger partial charge in [-0.05, 0) is 29.7 Å². The molecule has 0 amide bonds. The maximum absolute atomic E-state index is 4.49. The summed E-state index contributed by atoms with van der Waals surface area (Å²) < 4.78 is 0. The quantitative estimate of drug-likeness (QED) is 0.686. The highest BCUT2D eigenvalue weighted by molar-refractivity contribution is 5.80. The van der Waals surface area contributed by atoms with E-state index in [1.54, 1.807) is 0 Å². The van der Waals surface area contributed by atoms with Crippen molar-refractivity contribution < 1.29 is 0 Å². The predicted octanol–water partition coefficient (Wildman–Crippen LogP) is 3.32. The summed E-state index contributed by atoms with van der Waals surface area (Å²) in [5, 5.41) is 3.52. The van der Waals surface area contributed by atoms with Gasteiger partial charge in [-0.25, -0.2) is 0 Å². The van der Waals surface area contributed by atoms with Crippen LogP contribution >= 0.6 is 0 Å². The average molecular weight is 336 g/mol. The number of likely N-dealkylation sites (tertiary alicyclic amines) is 1. The van der Waals surface area contributed by atoms with E-state index in [1.165, 1.54) is 23.2 Å². The maximum Gasteiger partial charge on any atom is 0.193 e. The lowest BCUT2D eigenvalue weighted by molar-refractivity contribution is 0.486. The van der Waals surface area contributed by atoms with Crippen molar-refractivity contribution in [1.82, 2.24) is 10.2 Å². The van der Waals surface area contributed by atoms with E-state index in [4.69, 9.17) is 0 Å². The molecule has 1 fully saturated rings. The number of nitrogens with one attached hydrogen (secondary N) is 1. The van der Waals surface area contributed by atoms with Crippen LogP contribution in [0.25, 0.3) is 0 Å². The van der Waals surface area contributed by atoms with Gasteiger partial charge in [-0.1, -0.05) is 42.5 Å². The second kappa shape index (κ2) is 8.06. The number of hydrogen-bond acceptors (Lipinski definition) is 2. The van der Waals surface area contributed by atoms with Gasteiger partial charge in [0, 0.05) is 52.4 Å². The minimum absolute atomic E-state index is 0.594. The van der Waals surface area contributed by atoms with E-state index >= 15 is 0 Å². The number of aliphatic imine (C=N–C) groups is 1. The Balaban J connectivity index is 1.59. The summed E-state index contributed by atoms with van der Waals surface area (Å²) in [5.74, 6) is 1.59. The van der Waals surface area contributed by atoms with Crippen molar-refractivity contribution in [2.75, 3.05) is 39.1 Å². The van der Waals surface area contributed by atoms with Crippen LogP contribution in [-0.2, 0) is 6.54 Å². The molecule has 132 valence electrons. The summed E-state index contributed by atoms with van der Waals surface area (Å²) in [6.07, 6.45) is 1.18. The number of anilines is 1. The van der Waals surface area contributed by atoms with Crippen LogP contribution in [0.1, 0.15) is 23.5 Å². The molecule has 25 heavy (non-hydrogen) atoms. The van der Waals surface area contributed by atoms with Gasteiger partial charge >= 0.3 is 0 Å². The molecule has 0 aliphatic carbocycles. The van der Waals surface area contributed by atoms with Crippen LogP contribution in [0.2, 0.25) is 0 Å². The fourth-order valence-electron chi connectivity index (χ4n) is 3.41. The van der Waals surface area contributed by atoms with E-state index in [0.717, 1.165) is 25.6 Å². The van der Waals surface area contributed by atoms with Crippen molar-refractivity contribution in [3.05, 3.63) is 65.7 Å². The molecule has 0 spiro atoms. The first-order valence-electron chi connectivity index (χ1n) is 8.94. The lowest BCUT2D eigenvalue weighted by Gasteiger charge is -2.22. The average Bonchev–Trinajstić information content (AvgIpc) is 3.13. The number of nitrogens with zero attached hydrogens (tertiary/aromatic N) is 3. The van der Waals surface area contributed by atoms with E-state index in [1.807, 2.05) is 7.05 Å². The summed E-state index contributed by atoms with van der Waals surface area (Å²) in [6.45, 7) is 2.87. The largest absolute Gasteiger partial charge is 0.378 e. The molecule has 1 aliphatic rings. The van der Waals surface area contributed by atoms with E-state index in [0.29, 0.717) is 5.92 Å². The first kappa shape index (κ1) is 17.3. The fourth-order valence-corrected chi connectivity index (χ4v) is 3.41.